The van der Waals surface area contributed by atoms with Crippen LogP contribution in [0.4, 0.5) is 0 Å². The van der Waals surface area contributed by atoms with Gasteiger partial charge in [0.2, 0.25) is 0 Å². The molecule has 1 aliphatic carbocycles. The number of hydrogen-bond acceptors (Lipinski definition) is 5. The number of nitrogens with one attached hydrogen (secondary N) is 1. The molecule has 2 aromatic rings. The predicted molar refractivity (Wildman–Crippen MR) is 95.9 cm³/mol. The molecule has 0 unspecified atom stereocenters. The Balaban J connectivity index is 1.49. The minimum absolute atomic E-state index is 0.0318. The maximum Gasteiger partial charge on any atom is 0.329 e. The minimum Gasteiger partial charge on any atom is -0.480 e. The lowest BCUT2D eigenvalue weighted by Crippen LogP contribution is -2.51. The van der Waals surface area contributed by atoms with E-state index in [1.54, 1.807) is 7.11 Å². The molecule has 1 aromatic heterocycles. The van der Waals surface area contributed by atoms with Crippen molar-refractivity contribution in [2.45, 2.75) is 50.0 Å². The number of rotatable bonds is 6. The fraction of sp³-hybridized carbons (Fsp3) is 0.579. The number of benzene rings is 1. The lowest BCUT2D eigenvalue weighted by Gasteiger charge is -2.43. The maximum absolute atomic E-state index is 10.8. The fourth-order valence-corrected chi connectivity index (χ4v) is 4.56. The van der Waals surface area contributed by atoms with Crippen molar-refractivity contribution >= 4 is 17.0 Å². The minimum atomic E-state index is -0.917. The SMILES string of the molecule is CO[C@@]12CC[C@H](OCC(=O)O)C[C@@H]1N(Cc1nc3ccccc3[nH]1)CC2. The van der Waals surface area contributed by atoms with Gasteiger partial charge in [-0.15, -0.1) is 0 Å². The van der Waals surface area contributed by atoms with E-state index in [-0.39, 0.29) is 24.4 Å². The Kier molecular flexibility index (Phi) is 4.69. The van der Waals surface area contributed by atoms with Crippen molar-refractivity contribution in [2.75, 3.05) is 20.3 Å². The summed E-state index contributed by atoms with van der Waals surface area (Å²) in [5.41, 5.74) is 1.87. The number of ether oxygens (including phenoxy) is 2. The highest BCUT2D eigenvalue weighted by Crippen LogP contribution is 2.43. The number of fused-ring (bicyclic) bond motifs is 2. The number of methoxy groups -OCH3 is 1. The van der Waals surface area contributed by atoms with Crippen LogP contribution >= 0.6 is 0 Å². The molecular weight excluding hydrogens is 334 g/mol. The molecular formula is C19H25N3O4. The van der Waals surface area contributed by atoms with Crippen LogP contribution in [0, 0.1) is 0 Å². The highest BCUT2D eigenvalue weighted by molar-refractivity contribution is 5.74. The largest absolute Gasteiger partial charge is 0.480 e. The zero-order chi connectivity index (χ0) is 18.1. The molecule has 0 bridgehead atoms. The summed E-state index contributed by atoms with van der Waals surface area (Å²) in [4.78, 5) is 21.3. The monoisotopic (exact) mass is 359 g/mol. The predicted octanol–water partition coefficient (Wildman–Crippen LogP) is 2.18. The number of hydrogen-bond donors (Lipinski definition) is 2. The Morgan fingerprint density at radius 1 is 1.42 bits per heavy atom. The topological polar surface area (TPSA) is 87.7 Å². The van der Waals surface area contributed by atoms with Gasteiger partial charge in [0.15, 0.2) is 0 Å². The molecule has 0 amide bonds. The van der Waals surface area contributed by atoms with Gasteiger partial charge in [-0.25, -0.2) is 9.78 Å². The van der Waals surface area contributed by atoms with Crippen LogP contribution in [0.2, 0.25) is 0 Å². The van der Waals surface area contributed by atoms with Crippen molar-refractivity contribution < 1.29 is 19.4 Å². The highest BCUT2D eigenvalue weighted by Gasteiger charge is 2.51. The Morgan fingerprint density at radius 3 is 3.04 bits per heavy atom. The number of carboxylic acid groups (broad SMARTS) is 1. The number of nitrogens with zero attached hydrogens (tertiary/aromatic N) is 2. The van der Waals surface area contributed by atoms with E-state index < -0.39 is 5.97 Å². The van der Waals surface area contributed by atoms with E-state index in [9.17, 15) is 4.79 Å². The molecule has 2 N–H and O–H groups in total. The number of aromatic amines is 1. The zero-order valence-electron chi connectivity index (χ0n) is 15.0. The van der Waals surface area contributed by atoms with Crippen molar-refractivity contribution in [3.63, 3.8) is 0 Å². The van der Waals surface area contributed by atoms with Crippen LogP contribution < -0.4 is 0 Å². The Hall–Kier alpha value is -1.96. The van der Waals surface area contributed by atoms with Crippen molar-refractivity contribution in [2.24, 2.45) is 0 Å². The summed E-state index contributed by atoms with van der Waals surface area (Å²) in [5.74, 6) is 0.0332. The molecule has 0 radical (unpaired) electrons. The molecule has 1 saturated heterocycles. The molecule has 2 aliphatic rings. The van der Waals surface area contributed by atoms with E-state index in [1.165, 1.54) is 0 Å². The van der Waals surface area contributed by atoms with Crippen molar-refractivity contribution in [1.29, 1.82) is 0 Å². The van der Waals surface area contributed by atoms with Crippen LogP contribution in [0.5, 0.6) is 0 Å². The van der Waals surface area contributed by atoms with E-state index in [1.807, 2.05) is 24.3 Å². The Labute approximate surface area is 152 Å². The molecule has 140 valence electrons. The number of aromatic nitrogens is 2. The third-order valence-corrected chi connectivity index (χ3v) is 5.89. The molecule has 2 fully saturated rings. The number of imidazole rings is 1. The average molecular weight is 359 g/mol. The van der Waals surface area contributed by atoms with Crippen LogP contribution in [0.1, 0.15) is 31.5 Å². The summed E-state index contributed by atoms with van der Waals surface area (Å²) in [6.07, 6.45) is 3.49. The number of H-pyrrole nitrogens is 1. The second kappa shape index (κ2) is 6.98. The summed E-state index contributed by atoms with van der Waals surface area (Å²) in [6, 6.07) is 8.25. The fourth-order valence-electron chi connectivity index (χ4n) is 4.56. The maximum atomic E-state index is 10.8. The van der Waals surface area contributed by atoms with E-state index in [0.29, 0.717) is 0 Å². The number of carbonyl (C=O) groups is 1. The first-order valence-corrected chi connectivity index (χ1v) is 9.16. The summed E-state index contributed by atoms with van der Waals surface area (Å²) in [6.45, 7) is 1.44. The van der Waals surface area contributed by atoms with Gasteiger partial charge in [-0.05, 0) is 37.8 Å². The van der Waals surface area contributed by atoms with Crippen LogP contribution in [-0.2, 0) is 20.8 Å². The summed E-state index contributed by atoms with van der Waals surface area (Å²) < 4.78 is 11.5. The van der Waals surface area contributed by atoms with Gasteiger partial charge < -0.3 is 19.6 Å². The Bertz CT molecular complexity index is 759. The van der Waals surface area contributed by atoms with Gasteiger partial charge in [-0.1, -0.05) is 12.1 Å². The zero-order valence-corrected chi connectivity index (χ0v) is 15.0. The lowest BCUT2D eigenvalue weighted by atomic mass is 9.79. The first-order chi connectivity index (χ1) is 12.6. The molecule has 7 nitrogen and oxygen atoms in total. The molecule has 2 heterocycles. The average Bonchev–Trinajstić information content (AvgIpc) is 3.21. The molecule has 0 spiro atoms. The van der Waals surface area contributed by atoms with Crippen LogP contribution in [0.15, 0.2) is 24.3 Å². The summed E-state index contributed by atoms with van der Waals surface area (Å²) in [5, 5.41) is 8.87. The lowest BCUT2D eigenvalue weighted by molar-refractivity contribution is -0.148. The number of aliphatic carboxylic acids is 1. The number of likely N-dealkylation sites (tertiary alicyclic amines) is 1. The molecule has 1 aliphatic heterocycles. The quantitative estimate of drug-likeness (QED) is 0.822. The first-order valence-electron chi connectivity index (χ1n) is 9.16. The molecule has 1 saturated carbocycles. The molecule has 26 heavy (non-hydrogen) atoms. The van der Waals surface area contributed by atoms with Gasteiger partial charge >= 0.3 is 5.97 Å². The molecule has 3 atom stereocenters. The normalized spacial score (nSPS) is 29.1. The second-order valence-electron chi connectivity index (χ2n) is 7.31. The van der Waals surface area contributed by atoms with Crippen LogP contribution in [0.3, 0.4) is 0 Å². The van der Waals surface area contributed by atoms with Gasteiger partial charge in [0.1, 0.15) is 12.4 Å². The van der Waals surface area contributed by atoms with Crippen molar-refractivity contribution in [3.8, 4) is 0 Å². The Morgan fingerprint density at radius 2 is 2.27 bits per heavy atom. The molecule has 7 heteroatoms. The summed E-state index contributed by atoms with van der Waals surface area (Å²) >= 11 is 0. The van der Waals surface area contributed by atoms with Crippen LogP contribution in [-0.4, -0.2) is 64.0 Å². The third-order valence-electron chi connectivity index (χ3n) is 5.89. The molecule has 1 aromatic carbocycles. The van der Waals surface area contributed by atoms with Crippen LogP contribution in [0.25, 0.3) is 11.0 Å². The van der Waals surface area contributed by atoms with E-state index in [2.05, 4.69) is 9.88 Å². The van der Waals surface area contributed by atoms with E-state index >= 15 is 0 Å². The van der Waals surface area contributed by atoms with E-state index in [4.69, 9.17) is 19.6 Å². The second-order valence-corrected chi connectivity index (χ2v) is 7.31. The standard InChI is InChI=1S/C19H25N3O4/c1-25-19-7-6-13(26-12-18(23)24)10-16(19)22(9-8-19)11-17-20-14-4-2-3-5-15(14)21-17/h2-5,13,16H,6-12H2,1H3,(H,20,21)(H,23,24)/t13-,16-,19+/m0/s1. The van der Waals surface area contributed by atoms with Crippen molar-refractivity contribution in [1.82, 2.24) is 14.9 Å². The highest BCUT2D eigenvalue weighted by atomic mass is 16.5. The van der Waals surface area contributed by atoms with Gasteiger partial charge in [0.25, 0.3) is 0 Å². The summed E-state index contributed by atoms with van der Waals surface area (Å²) in [7, 11) is 1.79. The van der Waals surface area contributed by atoms with E-state index in [0.717, 1.165) is 55.6 Å². The van der Waals surface area contributed by atoms with Gasteiger partial charge in [0.05, 0.1) is 29.3 Å². The van der Waals surface area contributed by atoms with Gasteiger partial charge in [-0.2, -0.15) is 0 Å². The molecule has 4 rings (SSSR count). The number of carboxylic acids is 1. The van der Waals surface area contributed by atoms with Gasteiger partial charge in [-0.3, -0.25) is 4.90 Å². The number of para-hydroxylation sites is 2. The van der Waals surface area contributed by atoms with Gasteiger partial charge in [0, 0.05) is 19.7 Å². The smallest absolute Gasteiger partial charge is 0.329 e. The van der Waals surface area contributed by atoms with Crippen molar-refractivity contribution in [3.05, 3.63) is 30.1 Å². The first kappa shape index (κ1) is 17.5. The third kappa shape index (κ3) is 3.22.